The molecule has 0 fully saturated rings. The number of benzene rings is 1. The molecule has 0 aromatic heterocycles. The number of carbonyl (C=O) groups excluding carboxylic acids is 2. The van der Waals surface area contributed by atoms with Crippen molar-refractivity contribution in [2.24, 2.45) is 0 Å². The van der Waals surface area contributed by atoms with Gasteiger partial charge in [0.05, 0.1) is 5.56 Å². The molecular weight excluding hydrogens is 206 g/mol. The lowest BCUT2D eigenvalue weighted by Gasteiger charge is -2.07. The number of hydrogen-bond acceptors (Lipinski definition) is 3. The van der Waals surface area contributed by atoms with Crippen molar-refractivity contribution >= 4 is 11.9 Å². The SMILES string of the molecule is CNC(=O)COC(=O)c1cc(C)ccc1C. The number of hydrogen-bond donors (Lipinski definition) is 1. The first-order valence-corrected chi connectivity index (χ1v) is 4.99. The molecule has 0 radical (unpaired) electrons. The number of likely N-dealkylation sites (N-methyl/N-ethyl adjacent to an activating group) is 1. The number of carbonyl (C=O) groups is 2. The molecule has 0 unspecified atom stereocenters. The van der Waals surface area contributed by atoms with E-state index in [2.05, 4.69) is 5.32 Å². The van der Waals surface area contributed by atoms with Gasteiger partial charge in [-0.25, -0.2) is 4.79 Å². The highest BCUT2D eigenvalue weighted by molar-refractivity contribution is 5.92. The molecule has 0 saturated carbocycles. The van der Waals surface area contributed by atoms with Crippen LogP contribution in [0.25, 0.3) is 0 Å². The maximum Gasteiger partial charge on any atom is 0.338 e. The highest BCUT2D eigenvalue weighted by atomic mass is 16.5. The van der Waals surface area contributed by atoms with Crippen molar-refractivity contribution in [2.75, 3.05) is 13.7 Å². The van der Waals surface area contributed by atoms with E-state index < -0.39 is 5.97 Å². The topological polar surface area (TPSA) is 55.4 Å². The van der Waals surface area contributed by atoms with Crippen LogP contribution in [0.15, 0.2) is 18.2 Å². The van der Waals surface area contributed by atoms with E-state index in [4.69, 9.17) is 4.74 Å². The zero-order chi connectivity index (χ0) is 12.1. The Bertz CT molecular complexity index is 413. The Morgan fingerprint density at radius 2 is 2.00 bits per heavy atom. The molecule has 0 aliphatic rings. The van der Waals surface area contributed by atoms with E-state index in [1.165, 1.54) is 7.05 Å². The summed E-state index contributed by atoms with van der Waals surface area (Å²) in [7, 11) is 1.49. The first-order chi connectivity index (χ1) is 7.54. The van der Waals surface area contributed by atoms with Crippen LogP contribution < -0.4 is 5.32 Å². The second-order valence-corrected chi connectivity index (χ2v) is 3.57. The van der Waals surface area contributed by atoms with E-state index in [1.807, 2.05) is 26.0 Å². The Kier molecular flexibility index (Phi) is 4.05. The molecule has 86 valence electrons. The van der Waals surface area contributed by atoms with Gasteiger partial charge in [-0.1, -0.05) is 17.7 Å². The van der Waals surface area contributed by atoms with Crippen LogP contribution in [0.3, 0.4) is 0 Å². The Balaban J connectivity index is 2.73. The fraction of sp³-hybridized carbons (Fsp3) is 0.333. The molecule has 0 bridgehead atoms. The van der Waals surface area contributed by atoms with Crippen molar-refractivity contribution in [3.63, 3.8) is 0 Å². The number of nitrogens with one attached hydrogen (secondary N) is 1. The van der Waals surface area contributed by atoms with Crippen LogP contribution in [0.5, 0.6) is 0 Å². The Hall–Kier alpha value is -1.84. The molecule has 0 saturated heterocycles. The summed E-state index contributed by atoms with van der Waals surface area (Å²) in [6.45, 7) is 3.48. The lowest BCUT2D eigenvalue weighted by Crippen LogP contribution is -2.25. The van der Waals surface area contributed by atoms with Crippen molar-refractivity contribution in [3.05, 3.63) is 34.9 Å². The number of rotatable bonds is 3. The van der Waals surface area contributed by atoms with Crippen molar-refractivity contribution in [3.8, 4) is 0 Å². The molecular formula is C12H15NO3. The number of aryl methyl sites for hydroxylation is 2. The zero-order valence-corrected chi connectivity index (χ0v) is 9.66. The number of esters is 1. The molecule has 0 aliphatic carbocycles. The number of ether oxygens (including phenoxy) is 1. The molecule has 4 heteroatoms. The fourth-order valence-electron chi connectivity index (χ4n) is 1.24. The normalized spacial score (nSPS) is 9.69. The fourth-order valence-corrected chi connectivity index (χ4v) is 1.24. The summed E-state index contributed by atoms with van der Waals surface area (Å²) in [6.07, 6.45) is 0. The summed E-state index contributed by atoms with van der Waals surface area (Å²) >= 11 is 0. The average molecular weight is 221 g/mol. The number of amides is 1. The van der Waals surface area contributed by atoms with Gasteiger partial charge in [0, 0.05) is 7.05 Å². The predicted octanol–water partition coefficient (Wildman–Crippen LogP) is 1.21. The van der Waals surface area contributed by atoms with Crippen LogP contribution >= 0.6 is 0 Å². The Morgan fingerprint density at radius 3 is 2.62 bits per heavy atom. The minimum Gasteiger partial charge on any atom is -0.452 e. The lowest BCUT2D eigenvalue weighted by atomic mass is 10.1. The van der Waals surface area contributed by atoms with Gasteiger partial charge in [0.15, 0.2) is 6.61 Å². The molecule has 0 spiro atoms. The molecule has 1 aromatic rings. The largest absolute Gasteiger partial charge is 0.452 e. The minimum atomic E-state index is -0.468. The van der Waals surface area contributed by atoms with Gasteiger partial charge in [-0.2, -0.15) is 0 Å². The van der Waals surface area contributed by atoms with Gasteiger partial charge in [0.25, 0.3) is 5.91 Å². The van der Waals surface area contributed by atoms with Gasteiger partial charge >= 0.3 is 5.97 Å². The van der Waals surface area contributed by atoms with Crippen molar-refractivity contribution in [1.82, 2.24) is 5.32 Å². The summed E-state index contributed by atoms with van der Waals surface area (Å²) in [5, 5.41) is 2.38. The maximum absolute atomic E-state index is 11.6. The first-order valence-electron chi connectivity index (χ1n) is 4.99. The third-order valence-corrected chi connectivity index (χ3v) is 2.23. The second kappa shape index (κ2) is 5.30. The van der Waals surface area contributed by atoms with E-state index in [0.717, 1.165) is 11.1 Å². The van der Waals surface area contributed by atoms with Crippen LogP contribution in [0, 0.1) is 13.8 Å². The molecule has 1 rings (SSSR count). The predicted molar refractivity (Wildman–Crippen MR) is 60.3 cm³/mol. The van der Waals surface area contributed by atoms with Gasteiger partial charge in [0.2, 0.25) is 0 Å². The van der Waals surface area contributed by atoms with Gasteiger partial charge in [-0.05, 0) is 25.5 Å². The van der Waals surface area contributed by atoms with Crippen molar-refractivity contribution < 1.29 is 14.3 Å². The summed E-state index contributed by atoms with van der Waals surface area (Å²) < 4.78 is 4.87. The Labute approximate surface area is 94.6 Å². The first kappa shape index (κ1) is 12.2. The van der Waals surface area contributed by atoms with Gasteiger partial charge in [0.1, 0.15) is 0 Å². The van der Waals surface area contributed by atoms with E-state index in [-0.39, 0.29) is 12.5 Å². The summed E-state index contributed by atoms with van der Waals surface area (Å²) in [5.74, 6) is -0.788. The molecule has 1 aromatic carbocycles. The highest BCUT2D eigenvalue weighted by Crippen LogP contribution is 2.11. The van der Waals surface area contributed by atoms with Crippen molar-refractivity contribution in [1.29, 1.82) is 0 Å². The zero-order valence-electron chi connectivity index (χ0n) is 9.66. The third kappa shape index (κ3) is 3.08. The smallest absolute Gasteiger partial charge is 0.338 e. The summed E-state index contributed by atoms with van der Waals surface area (Å²) in [4.78, 5) is 22.5. The summed E-state index contributed by atoms with van der Waals surface area (Å²) in [6, 6.07) is 5.53. The third-order valence-electron chi connectivity index (χ3n) is 2.23. The minimum absolute atomic E-state index is 0.247. The maximum atomic E-state index is 11.6. The Morgan fingerprint density at radius 1 is 1.31 bits per heavy atom. The standard InChI is InChI=1S/C12H15NO3/c1-8-4-5-9(2)10(6-8)12(15)16-7-11(14)13-3/h4-6H,7H2,1-3H3,(H,13,14). The van der Waals surface area contributed by atoms with Gasteiger partial charge in [-0.3, -0.25) is 4.79 Å². The highest BCUT2D eigenvalue weighted by Gasteiger charge is 2.11. The van der Waals surface area contributed by atoms with E-state index in [1.54, 1.807) is 6.07 Å². The molecule has 1 N–H and O–H groups in total. The van der Waals surface area contributed by atoms with Crippen LogP contribution in [0.4, 0.5) is 0 Å². The molecule has 0 aliphatic heterocycles. The van der Waals surface area contributed by atoms with Crippen LogP contribution in [0.2, 0.25) is 0 Å². The van der Waals surface area contributed by atoms with Crippen molar-refractivity contribution in [2.45, 2.75) is 13.8 Å². The average Bonchev–Trinajstić information content (AvgIpc) is 2.28. The van der Waals surface area contributed by atoms with Gasteiger partial charge < -0.3 is 10.1 Å². The molecule has 0 atom stereocenters. The van der Waals surface area contributed by atoms with Gasteiger partial charge in [-0.15, -0.1) is 0 Å². The van der Waals surface area contributed by atoms with E-state index >= 15 is 0 Å². The quantitative estimate of drug-likeness (QED) is 0.780. The monoisotopic (exact) mass is 221 g/mol. The molecule has 0 heterocycles. The van der Waals surface area contributed by atoms with E-state index in [0.29, 0.717) is 5.56 Å². The lowest BCUT2D eigenvalue weighted by molar-refractivity contribution is -0.123. The molecule has 16 heavy (non-hydrogen) atoms. The molecule has 4 nitrogen and oxygen atoms in total. The molecule has 1 amide bonds. The van der Waals surface area contributed by atoms with Crippen LogP contribution in [-0.2, 0) is 9.53 Å². The van der Waals surface area contributed by atoms with E-state index in [9.17, 15) is 9.59 Å². The second-order valence-electron chi connectivity index (χ2n) is 3.57. The van der Waals surface area contributed by atoms with Crippen LogP contribution in [-0.4, -0.2) is 25.5 Å². The summed E-state index contributed by atoms with van der Waals surface area (Å²) in [5.41, 5.74) is 2.33. The van der Waals surface area contributed by atoms with Crippen LogP contribution in [0.1, 0.15) is 21.5 Å².